The van der Waals surface area contributed by atoms with Crippen LogP contribution in [0.4, 0.5) is 28.7 Å². The summed E-state index contributed by atoms with van der Waals surface area (Å²) in [5.41, 5.74) is 3.98. The van der Waals surface area contributed by atoms with Gasteiger partial charge in [-0.05, 0) is 60.7 Å². The number of piperazine rings is 1. The number of nitrogens with one attached hydrogen (secondary N) is 2. The summed E-state index contributed by atoms with van der Waals surface area (Å²) in [4.78, 5) is 57.4. The fourth-order valence-corrected chi connectivity index (χ4v) is 8.36. The van der Waals surface area contributed by atoms with Crippen molar-refractivity contribution >= 4 is 51.8 Å². The molecule has 278 valence electrons. The van der Waals surface area contributed by atoms with Gasteiger partial charge in [-0.3, -0.25) is 24.2 Å². The van der Waals surface area contributed by atoms with Crippen molar-refractivity contribution in [3.8, 4) is 11.3 Å². The number of fused-ring (bicyclic) bond motifs is 1. The molecule has 7 rings (SSSR count). The van der Waals surface area contributed by atoms with Gasteiger partial charge in [-0.1, -0.05) is 27.4 Å². The Balaban J connectivity index is 1.19. The SMILES string of the molecule is C=CC(=O)Nc1cc(Nc2nc(-c3ccnc(N4CCc5cc(C(C)(C)C)sc5C4=O)c3CO)cn(C)c2=O)ccc1N1CCN(C2COC2)CC1C. The lowest BCUT2D eigenvalue weighted by molar-refractivity contribution is -0.111. The number of anilines is 5. The summed E-state index contributed by atoms with van der Waals surface area (Å²) in [5.74, 6) is -0.0723. The van der Waals surface area contributed by atoms with Crippen LogP contribution >= 0.6 is 11.3 Å². The Kier molecular flexibility index (Phi) is 9.98. The van der Waals surface area contributed by atoms with Crippen molar-refractivity contribution in [1.82, 2.24) is 19.4 Å². The van der Waals surface area contributed by atoms with Gasteiger partial charge in [-0.15, -0.1) is 11.3 Å². The van der Waals surface area contributed by atoms with Crippen molar-refractivity contribution in [2.45, 2.75) is 58.2 Å². The molecule has 3 aliphatic rings. The van der Waals surface area contributed by atoms with Gasteiger partial charge in [0.05, 0.1) is 47.8 Å². The predicted octanol–water partition coefficient (Wildman–Crippen LogP) is 4.67. The van der Waals surface area contributed by atoms with Crippen molar-refractivity contribution in [3.05, 3.63) is 86.6 Å². The number of amides is 2. The van der Waals surface area contributed by atoms with E-state index in [4.69, 9.17) is 9.72 Å². The van der Waals surface area contributed by atoms with Crippen molar-refractivity contribution < 1.29 is 19.4 Å². The Hall–Kier alpha value is -4.89. The molecule has 0 aliphatic carbocycles. The number of carbonyl (C=O) groups excluding carboxylic acids is 2. The largest absolute Gasteiger partial charge is 0.392 e. The van der Waals surface area contributed by atoms with Gasteiger partial charge >= 0.3 is 0 Å². The first kappa shape index (κ1) is 36.5. The fourth-order valence-electron chi connectivity index (χ4n) is 7.15. The highest BCUT2D eigenvalue weighted by molar-refractivity contribution is 7.14. The molecule has 3 aliphatic heterocycles. The first-order chi connectivity index (χ1) is 25.4. The quantitative estimate of drug-likeness (QED) is 0.207. The molecule has 1 atom stereocenters. The third-order valence-electron chi connectivity index (χ3n) is 10.2. The molecule has 14 heteroatoms. The minimum Gasteiger partial charge on any atom is -0.392 e. The van der Waals surface area contributed by atoms with Crippen molar-refractivity contribution in [2.24, 2.45) is 7.05 Å². The van der Waals surface area contributed by atoms with Gasteiger partial charge in [-0.25, -0.2) is 9.97 Å². The van der Waals surface area contributed by atoms with Gasteiger partial charge in [0.2, 0.25) is 5.91 Å². The van der Waals surface area contributed by atoms with Crippen LogP contribution in [0.1, 0.15) is 53.4 Å². The van der Waals surface area contributed by atoms with Gasteiger partial charge in [0.25, 0.3) is 11.5 Å². The molecule has 1 unspecified atom stereocenters. The number of aliphatic hydroxyl groups is 1. The van der Waals surface area contributed by atoms with Crippen LogP contribution in [-0.4, -0.2) is 87.8 Å². The van der Waals surface area contributed by atoms with E-state index in [1.54, 1.807) is 36.5 Å². The molecule has 2 amide bonds. The summed E-state index contributed by atoms with van der Waals surface area (Å²) in [6, 6.07) is 10.1. The monoisotopic (exact) mass is 738 g/mol. The van der Waals surface area contributed by atoms with Crippen molar-refractivity contribution in [3.63, 3.8) is 0 Å². The number of carbonyl (C=O) groups is 2. The molecular formula is C39H46N8O5S. The first-order valence-corrected chi connectivity index (χ1v) is 18.7. The molecule has 53 heavy (non-hydrogen) atoms. The lowest BCUT2D eigenvalue weighted by Gasteiger charge is -2.46. The first-order valence-electron chi connectivity index (χ1n) is 17.9. The number of ether oxygens (including phenoxy) is 1. The molecule has 0 spiro atoms. The zero-order valence-electron chi connectivity index (χ0n) is 30.8. The lowest BCUT2D eigenvalue weighted by atomic mass is 9.93. The minimum absolute atomic E-state index is 0.0534. The van der Waals surface area contributed by atoms with E-state index >= 15 is 0 Å². The molecule has 6 heterocycles. The van der Waals surface area contributed by atoms with E-state index in [2.05, 4.69) is 65.8 Å². The van der Waals surface area contributed by atoms with E-state index in [9.17, 15) is 19.5 Å². The van der Waals surface area contributed by atoms with E-state index in [1.165, 1.54) is 22.0 Å². The van der Waals surface area contributed by atoms with Crippen LogP contribution in [0.2, 0.25) is 0 Å². The number of aliphatic hydroxyl groups excluding tert-OH is 1. The van der Waals surface area contributed by atoms with Crippen LogP contribution in [0.5, 0.6) is 0 Å². The van der Waals surface area contributed by atoms with Crippen LogP contribution < -0.4 is 26.0 Å². The maximum Gasteiger partial charge on any atom is 0.293 e. The van der Waals surface area contributed by atoms with E-state index in [-0.39, 0.29) is 34.6 Å². The van der Waals surface area contributed by atoms with Gasteiger partial charge in [0.15, 0.2) is 5.82 Å². The Bertz CT molecular complexity index is 2130. The average molecular weight is 739 g/mol. The summed E-state index contributed by atoms with van der Waals surface area (Å²) in [5, 5.41) is 16.8. The minimum atomic E-state index is -0.394. The molecule has 3 aromatic heterocycles. The second-order valence-electron chi connectivity index (χ2n) is 14.9. The lowest BCUT2D eigenvalue weighted by Crippen LogP contribution is -2.59. The second kappa shape index (κ2) is 14.5. The fraction of sp³-hybridized carbons (Fsp3) is 0.410. The van der Waals surface area contributed by atoms with Crippen LogP contribution in [0.15, 0.2) is 60.2 Å². The molecule has 2 fully saturated rings. The number of hydrogen-bond acceptors (Lipinski definition) is 11. The summed E-state index contributed by atoms with van der Waals surface area (Å²) in [6.07, 6.45) is 5.10. The number of thiophene rings is 1. The molecule has 4 aromatic rings. The van der Waals surface area contributed by atoms with Crippen molar-refractivity contribution in [2.75, 3.05) is 59.8 Å². The Morgan fingerprint density at radius 1 is 1.15 bits per heavy atom. The Morgan fingerprint density at radius 3 is 2.62 bits per heavy atom. The van der Waals surface area contributed by atoms with Crippen LogP contribution in [-0.2, 0) is 35.0 Å². The third kappa shape index (κ3) is 7.11. The third-order valence-corrected chi connectivity index (χ3v) is 11.8. The summed E-state index contributed by atoms with van der Waals surface area (Å²) < 4.78 is 6.83. The summed E-state index contributed by atoms with van der Waals surface area (Å²) in [6.45, 7) is 16.3. The van der Waals surface area contributed by atoms with Gasteiger partial charge in [0, 0.05) is 73.4 Å². The summed E-state index contributed by atoms with van der Waals surface area (Å²) >= 11 is 1.51. The Labute approximate surface area is 312 Å². The molecule has 2 saturated heterocycles. The highest BCUT2D eigenvalue weighted by Crippen LogP contribution is 2.38. The average Bonchev–Trinajstić information content (AvgIpc) is 3.56. The molecule has 3 N–H and O–H groups in total. The Morgan fingerprint density at radius 2 is 1.94 bits per heavy atom. The number of pyridine rings is 1. The topological polar surface area (TPSA) is 145 Å². The predicted molar refractivity (Wildman–Crippen MR) is 209 cm³/mol. The molecule has 13 nitrogen and oxygen atoms in total. The number of aromatic nitrogens is 3. The number of hydrogen-bond donors (Lipinski definition) is 3. The summed E-state index contributed by atoms with van der Waals surface area (Å²) in [7, 11) is 1.63. The standard InChI is InChI=1S/C39H46N8O5S/c1-7-33(49)42-29-17-25(8-9-31(29)46-15-14-45(18-23(46)2)26-21-52-22-26)41-35-38(51)44(6)19-30(43-35)27-10-12-40-36(28(27)20-48)47-13-11-24-16-32(39(3,4)5)53-34(24)37(47)50/h7-10,12,16-17,19,23,26,48H,1,11,13-15,18,20-22H2,2-6H3,(H,41,43)(H,42,49). The molecule has 0 saturated carbocycles. The smallest absolute Gasteiger partial charge is 0.293 e. The van der Waals surface area contributed by atoms with E-state index in [0.29, 0.717) is 57.9 Å². The van der Waals surface area contributed by atoms with E-state index < -0.39 is 6.61 Å². The molecule has 0 bridgehead atoms. The van der Waals surface area contributed by atoms with Gasteiger partial charge in [-0.2, -0.15) is 0 Å². The van der Waals surface area contributed by atoms with E-state index in [0.717, 1.165) is 49.0 Å². The number of aryl methyl sites for hydroxylation is 1. The van der Waals surface area contributed by atoms with Gasteiger partial charge < -0.3 is 29.9 Å². The number of benzene rings is 1. The van der Waals surface area contributed by atoms with Crippen molar-refractivity contribution in [1.29, 1.82) is 0 Å². The maximum absolute atomic E-state index is 13.8. The molecule has 1 aromatic carbocycles. The molecular weight excluding hydrogens is 693 g/mol. The number of nitrogens with zero attached hydrogens (tertiary/aromatic N) is 6. The maximum atomic E-state index is 13.8. The molecule has 0 radical (unpaired) electrons. The zero-order valence-corrected chi connectivity index (χ0v) is 31.6. The van der Waals surface area contributed by atoms with Crippen LogP contribution in [0.25, 0.3) is 11.3 Å². The second-order valence-corrected chi connectivity index (χ2v) is 16.0. The van der Waals surface area contributed by atoms with Gasteiger partial charge in [0.1, 0.15) is 5.82 Å². The van der Waals surface area contributed by atoms with Crippen LogP contribution in [0.3, 0.4) is 0 Å². The van der Waals surface area contributed by atoms with E-state index in [1.807, 2.05) is 12.1 Å². The zero-order chi connectivity index (χ0) is 37.6. The highest BCUT2D eigenvalue weighted by atomic mass is 32.1. The highest BCUT2D eigenvalue weighted by Gasteiger charge is 2.34. The number of rotatable bonds is 9. The van der Waals surface area contributed by atoms with Crippen LogP contribution in [0, 0.1) is 0 Å². The normalized spacial score (nSPS) is 18.1.